The zero-order valence-corrected chi connectivity index (χ0v) is 11.1. The standard InChI is InChI=1S/C17H16O3/c18-16(13-6-2-1-3-7-13)14-8-4-9-15(12-14)17-19-10-5-11-20-17/h1-4,6-9,12,17H,5,10-11H2. The molecule has 3 heteroatoms. The van der Waals surface area contributed by atoms with Gasteiger partial charge in [0.1, 0.15) is 0 Å². The highest BCUT2D eigenvalue weighted by molar-refractivity contribution is 6.09. The fourth-order valence-electron chi connectivity index (χ4n) is 2.26. The molecule has 0 atom stereocenters. The first-order valence-electron chi connectivity index (χ1n) is 6.77. The van der Waals surface area contributed by atoms with E-state index in [2.05, 4.69) is 0 Å². The molecule has 0 aromatic heterocycles. The van der Waals surface area contributed by atoms with Gasteiger partial charge in [-0.15, -0.1) is 0 Å². The molecule has 1 fully saturated rings. The van der Waals surface area contributed by atoms with E-state index in [0.29, 0.717) is 24.3 Å². The highest BCUT2D eigenvalue weighted by atomic mass is 16.7. The first kappa shape index (κ1) is 13.0. The topological polar surface area (TPSA) is 35.5 Å². The van der Waals surface area contributed by atoms with Crippen LogP contribution in [0.15, 0.2) is 54.6 Å². The van der Waals surface area contributed by atoms with E-state index < -0.39 is 0 Å². The number of ketones is 1. The number of rotatable bonds is 3. The molecule has 2 aromatic rings. The number of benzene rings is 2. The molecule has 0 radical (unpaired) electrons. The van der Waals surface area contributed by atoms with Gasteiger partial charge in [0.2, 0.25) is 0 Å². The third kappa shape index (κ3) is 2.79. The molecule has 0 amide bonds. The van der Waals surface area contributed by atoms with Crippen LogP contribution in [0.1, 0.15) is 34.2 Å². The van der Waals surface area contributed by atoms with Gasteiger partial charge in [-0.05, 0) is 12.5 Å². The minimum absolute atomic E-state index is 0.0169. The molecule has 20 heavy (non-hydrogen) atoms. The fraction of sp³-hybridized carbons (Fsp3) is 0.235. The van der Waals surface area contributed by atoms with Crippen molar-refractivity contribution in [2.24, 2.45) is 0 Å². The zero-order chi connectivity index (χ0) is 13.8. The monoisotopic (exact) mass is 268 g/mol. The van der Waals surface area contributed by atoms with Crippen molar-refractivity contribution in [1.29, 1.82) is 0 Å². The van der Waals surface area contributed by atoms with Crippen molar-refractivity contribution in [2.75, 3.05) is 13.2 Å². The van der Waals surface area contributed by atoms with Gasteiger partial charge >= 0.3 is 0 Å². The molecule has 0 aliphatic carbocycles. The maximum Gasteiger partial charge on any atom is 0.193 e. The molecular formula is C17H16O3. The van der Waals surface area contributed by atoms with Crippen molar-refractivity contribution in [1.82, 2.24) is 0 Å². The predicted molar refractivity (Wildman–Crippen MR) is 75.6 cm³/mol. The summed E-state index contributed by atoms with van der Waals surface area (Å²) in [6, 6.07) is 16.7. The van der Waals surface area contributed by atoms with Crippen molar-refractivity contribution < 1.29 is 14.3 Å². The Balaban J connectivity index is 1.85. The van der Waals surface area contributed by atoms with E-state index in [1.807, 2.05) is 54.6 Å². The van der Waals surface area contributed by atoms with E-state index in [4.69, 9.17) is 9.47 Å². The Bertz CT molecular complexity index is 586. The van der Waals surface area contributed by atoms with Gasteiger partial charge in [0.15, 0.2) is 12.1 Å². The smallest absolute Gasteiger partial charge is 0.193 e. The van der Waals surface area contributed by atoms with Gasteiger partial charge in [-0.2, -0.15) is 0 Å². The molecule has 102 valence electrons. The number of ether oxygens (including phenoxy) is 2. The lowest BCUT2D eigenvalue weighted by Gasteiger charge is -2.23. The Morgan fingerprint density at radius 1 is 0.900 bits per heavy atom. The average molecular weight is 268 g/mol. The fourth-order valence-corrected chi connectivity index (χ4v) is 2.26. The summed E-state index contributed by atoms with van der Waals surface area (Å²) < 4.78 is 11.1. The summed E-state index contributed by atoms with van der Waals surface area (Å²) in [4.78, 5) is 12.4. The molecule has 1 saturated heterocycles. The molecular weight excluding hydrogens is 252 g/mol. The quantitative estimate of drug-likeness (QED) is 0.801. The van der Waals surface area contributed by atoms with Crippen molar-refractivity contribution >= 4 is 5.78 Å². The minimum atomic E-state index is -0.354. The van der Waals surface area contributed by atoms with E-state index >= 15 is 0 Å². The van der Waals surface area contributed by atoms with Gasteiger partial charge in [0.25, 0.3) is 0 Å². The van der Waals surface area contributed by atoms with E-state index in [0.717, 1.165) is 12.0 Å². The lowest BCUT2D eigenvalue weighted by molar-refractivity contribution is -0.183. The van der Waals surface area contributed by atoms with Crippen LogP contribution in [0.4, 0.5) is 0 Å². The zero-order valence-electron chi connectivity index (χ0n) is 11.1. The Labute approximate surface area is 118 Å². The molecule has 1 aliphatic rings. The Morgan fingerprint density at radius 2 is 1.60 bits per heavy atom. The lowest BCUT2D eigenvalue weighted by atomic mass is 10.0. The van der Waals surface area contributed by atoms with Crippen LogP contribution in [0.5, 0.6) is 0 Å². The van der Waals surface area contributed by atoms with E-state index in [1.165, 1.54) is 0 Å². The first-order chi connectivity index (χ1) is 9.84. The largest absolute Gasteiger partial charge is 0.348 e. The number of hydrogen-bond donors (Lipinski definition) is 0. The predicted octanol–water partition coefficient (Wildman–Crippen LogP) is 3.35. The van der Waals surface area contributed by atoms with Crippen LogP contribution in [0.25, 0.3) is 0 Å². The summed E-state index contributed by atoms with van der Waals surface area (Å²) in [6.45, 7) is 1.39. The second-order valence-corrected chi connectivity index (χ2v) is 4.75. The summed E-state index contributed by atoms with van der Waals surface area (Å²) in [7, 11) is 0. The molecule has 1 aliphatic heterocycles. The molecule has 1 heterocycles. The minimum Gasteiger partial charge on any atom is -0.348 e. The Morgan fingerprint density at radius 3 is 2.35 bits per heavy atom. The summed E-state index contributed by atoms with van der Waals surface area (Å²) >= 11 is 0. The van der Waals surface area contributed by atoms with Crippen molar-refractivity contribution in [3.8, 4) is 0 Å². The maximum atomic E-state index is 12.4. The van der Waals surface area contributed by atoms with Crippen LogP contribution in [0.3, 0.4) is 0 Å². The van der Waals surface area contributed by atoms with Gasteiger partial charge in [0.05, 0.1) is 13.2 Å². The van der Waals surface area contributed by atoms with E-state index in [-0.39, 0.29) is 12.1 Å². The summed E-state index contributed by atoms with van der Waals surface area (Å²) in [5.41, 5.74) is 2.24. The maximum absolute atomic E-state index is 12.4. The molecule has 0 saturated carbocycles. The normalized spacial score (nSPS) is 16.0. The number of hydrogen-bond acceptors (Lipinski definition) is 3. The van der Waals surface area contributed by atoms with Crippen LogP contribution < -0.4 is 0 Å². The molecule has 3 rings (SSSR count). The van der Waals surface area contributed by atoms with Crippen LogP contribution >= 0.6 is 0 Å². The van der Waals surface area contributed by atoms with Gasteiger partial charge < -0.3 is 9.47 Å². The number of carbonyl (C=O) groups is 1. The molecule has 0 N–H and O–H groups in total. The highest BCUT2D eigenvalue weighted by Crippen LogP contribution is 2.24. The van der Waals surface area contributed by atoms with Gasteiger partial charge in [0, 0.05) is 16.7 Å². The van der Waals surface area contributed by atoms with Gasteiger partial charge in [-0.3, -0.25) is 4.79 Å². The molecule has 0 spiro atoms. The van der Waals surface area contributed by atoms with Crippen LogP contribution in [0.2, 0.25) is 0 Å². The number of carbonyl (C=O) groups excluding carboxylic acids is 1. The Kier molecular flexibility index (Phi) is 3.90. The Hall–Kier alpha value is -1.97. The second-order valence-electron chi connectivity index (χ2n) is 4.75. The van der Waals surface area contributed by atoms with Gasteiger partial charge in [-0.25, -0.2) is 0 Å². The van der Waals surface area contributed by atoms with Crippen LogP contribution in [-0.4, -0.2) is 19.0 Å². The first-order valence-corrected chi connectivity index (χ1v) is 6.77. The molecule has 2 aromatic carbocycles. The summed E-state index contributed by atoms with van der Waals surface area (Å²) in [6.07, 6.45) is 0.561. The summed E-state index contributed by atoms with van der Waals surface area (Å²) in [5.74, 6) is 0.0169. The van der Waals surface area contributed by atoms with Crippen molar-refractivity contribution in [2.45, 2.75) is 12.7 Å². The van der Waals surface area contributed by atoms with Crippen molar-refractivity contribution in [3.63, 3.8) is 0 Å². The molecule has 0 unspecified atom stereocenters. The average Bonchev–Trinajstić information content (AvgIpc) is 2.56. The highest BCUT2D eigenvalue weighted by Gasteiger charge is 2.18. The van der Waals surface area contributed by atoms with Crippen LogP contribution in [-0.2, 0) is 9.47 Å². The lowest BCUT2D eigenvalue weighted by Crippen LogP contribution is -2.18. The third-order valence-corrected chi connectivity index (χ3v) is 3.28. The van der Waals surface area contributed by atoms with E-state index in [1.54, 1.807) is 0 Å². The molecule has 3 nitrogen and oxygen atoms in total. The van der Waals surface area contributed by atoms with Crippen LogP contribution in [0, 0.1) is 0 Å². The second kappa shape index (κ2) is 5.99. The summed E-state index contributed by atoms with van der Waals surface area (Å²) in [5, 5.41) is 0. The SMILES string of the molecule is O=C(c1ccccc1)c1cccc(C2OCCCO2)c1. The van der Waals surface area contributed by atoms with Crippen molar-refractivity contribution in [3.05, 3.63) is 71.3 Å². The van der Waals surface area contributed by atoms with Gasteiger partial charge in [-0.1, -0.05) is 48.5 Å². The third-order valence-electron chi connectivity index (χ3n) is 3.28. The van der Waals surface area contributed by atoms with E-state index in [9.17, 15) is 4.79 Å². The molecule has 0 bridgehead atoms.